The van der Waals surface area contributed by atoms with Crippen LogP contribution in [0, 0.1) is 14.9 Å². The standard InChI is InChI=1S/C25H15BrClF3IN3O4S/c1-2-37-23(36)18-19(13-3-5-14(27)6-4-13)34-22(35)17(39-24(34)33-21(18)25(28,29)30)11-12-9-15(26)20(16(31)10-12)38-8-7-32/h3-6,9-11,19H,2,8H2,1H3/b17-11-/t19-/m1/s1. The van der Waals surface area contributed by atoms with Gasteiger partial charge in [-0.05, 0) is 86.9 Å². The summed E-state index contributed by atoms with van der Waals surface area (Å²) in [6.07, 6.45) is -3.49. The topological polar surface area (TPSA) is 93.7 Å². The first-order valence-corrected chi connectivity index (χ1v) is 14.1. The zero-order valence-corrected chi connectivity index (χ0v) is 25.0. The number of hydrogen-bond donors (Lipinski definition) is 0. The Morgan fingerprint density at radius 1 is 1.33 bits per heavy atom. The molecule has 202 valence electrons. The van der Waals surface area contributed by atoms with Gasteiger partial charge in [-0.15, -0.1) is 0 Å². The van der Waals surface area contributed by atoms with Crippen molar-refractivity contribution in [3.8, 4) is 11.8 Å². The Balaban J connectivity index is 1.98. The molecule has 0 N–H and O–H groups in total. The molecular formula is C25H15BrClF3IN3O4S. The van der Waals surface area contributed by atoms with E-state index in [0.717, 1.165) is 15.9 Å². The predicted octanol–water partition coefficient (Wildman–Crippen LogP) is 5.26. The van der Waals surface area contributed by atoms with E-state index in [4.69, 9.17) is 26.3 Å². The van der Waals surface area contributed by atoms with Crippen LogP contribution >= 0.6 is 61.5 Å². The van der Waals surface area contributed by atoms with E-state index in [2.05, 4.69) is 20.9 Å². The van der Waals surface area contributed by atoms with Crippen LogP contribution in [0.1, 0.15) is 24.1 Å². The molecule has 2 heterocycles. The van der Waals surface area contributed by atoms with Crippen LogP contribution in [0.5, 0.6) is 5.75 Å². The van der Waals surface area contributed by atoms with Crippen molar-refractivity contribution in [1.82, 2.24) is 4.57 Å². The molecule has 1 aromatic heterocycles. The van der Waals surface area contributed by atoms with Crippen molar-refractivity contribution in [3.05, 3.63) is 91.5 Å². The number of hydrogen-bond acceptors (Lipinski definition) is 7. The molecule has 0 aliphatic carbocycles. The van der Waals surface area contributed by atoms with Gasteiger partial charge in [-0.1, -0.05) is 35.1 Å². The largest absolute Gasteiger partial charge is 0.476 e. The molecule has 2 aromatic carbocycles. The summed E-state index contributed by atoms with van der Waals surface area (Å²) in [5.74, 6) is -0.790. The molecule has 1 atom stereocenters. The van der Waals surface area contributed by atoms with Gasteiger partial charge in [0.2, 0.25) is 0 Å². The van der Waals surface area contributed by atoms with E-state index in [1.54, 1.807) is 12.1 Å². The monoisotopic (exact) mass is 751 g/mol. The number of allylic oxidation sites excluding steroid dienone is 1. The quantitative estimate of drug-likeness (QED) is 0.253. The molecule has 0 radical (unpaired) electrons. The number of fused-ring (bicyclic) bond motifs is 1. The predicted molar refractivity (Wildman–Crippen MR) is 150 cm³/mol. The zero-order chi connectivity index (χ0) is 28.5. The molecule has 3 aromatic rings. The number of carbonyl (C=O) groups excluding carboxylic acids is 1. The van der Waals surface area contributed by atoms with Crippen molar-refractivity contribution < 1.29 is 27.4 Å². The lowest BCUT2D eigenvalue weighted by molar-refractivity contribution is -0.140. The van der Waals surface area contributed by atoms with E-state index in [9.17, 15) is 22.8 Å². The minimum Gasteiger partial charge on any atom is -0.476 e. The number of nitrogens with zero attached hydrogens (tertiary/aromatic N) is 3. The molecule has 7 nitrogen and oxygen atoms in total. The minimum atomic E-state index is -5.00. The second-order valence-electron chi connectivity index (χ2n) is 7.88. The number of benzene rings is 2. The Kier molecular flexibility index (Phi) is 8.89. The third-order valence-corrected chi connectivity index (χ3v) is 8.01. The maximum absolute atomic E-state index is 14.2. The van der Waals surface area contributed by atoms with Crippen molar-refractivity contribution in [2.24, 2.45) is 4.99 Å². The van der Waals surface area contributed by atoms with Crippen LogP contribution in [-0.2, 0) is 9.53 Å². The van der Waals surface area contributed by atoms with E-state index in [0.29, 0.717) is 24.4 Å². The fourth-order valence-electron chi connectivity index (χ4n) is 3.86. The van der Waals surface area contributed by atoms with Gasteiger partial charge < -0.3 is 9.47 Å². The third kappa shape index (κ3) is 6.08. The fraction of sp³-hybridized carbons (Fsp3) is 0.200. The molecular weight excluding hydrogens is 738 g/mol. The summed E-state index contributed by atoms with van der Waals surface area (Å²) in [6, 6.07) is 9.58. The average molecular weight is 753 g/mol. The fourth-order valence-corrected chi connectivity index (χ4v) is 6.75. The van der Waals surface area contributed by atoms with Crippen LogP contribution in [0.3, 0.4) is 0 Å². The lowest BCUT2D eigenvalue weighted by Gasteiger charge is -2.26. The smallest absolute Gasteiger partial charge is 0.434 e. The van der Waals surface area contributed by atoms with Gasteiger partial charge in [0.1, 0.15) is 11.8 Å². The number of nitriles is 1. The van der Waals surface area contributed by atoms with Crippen LogP contribution in [0.2, 0.25) is 5.02 Å². The number of ether oxygens (including phenoxy) is 2. The second-order valence-corrected chi connectivity index (χ2v) is 11.3. The van der Waals surface area contributed by atoms with Gasteiger partial charge in [0.25, 0.3) is 5.56 Å². The molecule has 0 bridgehead atoms. The number of thiazole rings is 1. The van der Waals surface area contributed by atoms with Crippen LogP contribution < -0.4 is 19.6 Å². The highest BCUT2D eigenvalue weighted by Crippen LogP contribution is 2.38. The number of rotatable bonds is 6. The average Bonchev–Trinajstić information content (AvgIpc) is 3.17. The molecule has 39 heavy (non-hydrogen) atoms. The Morgan fingerprint density at radius 3 is 2.62 bits per heavy atom. The second kappa shape index (κ2) is 11.8. The van der Waals surface area contributed by atoms with Crippen molar-refractivity contribution in [2.75, 3.05) is 13.2 Å². The highest BCUT2D eigenvalue weighted by Gasteiger charge is 2.45. The Labute approximate surface area is 250 Å². The molecule has 4 rings (SSSR count). The minimum absolute atomic E-state index is 0.0905. The van der Waals surface area contributed by atoms with Gasteiger partial charge in [-0.3, -0.25) is 9.36 Å². The summed E-state index contributed by atoms with van der Waals surface area (Å²) in [5.41, 5.74) is -2.09. The molecule has 0 spiro atoms. The van der Waals surface area contributed by atoms with Crippen LogP contribution in [-0.4, -0.2) is 29.9 Å². The van der Waals surface area contributed by atoms with Crippen molar-refractivity contribution in [1.29, 1.82) is 5.26 Å². The van der Waals surface area contributed by atoms with Crippen LogP contribution in [0.4, 0.5) is 13.2 Å². The molecule has 1 aliphatic heterocycles. The lowest BCUT2D eigenvalue weighted by Crippen LogP contribution is -2.41. The number of alkyl halides is 3. The summed E-state index contributed by atoms with van der Waals surface area (Å²) in [4.78, 5) is 30.0. The van der Waals surface area contributed by atoms with Crippen LogP contribution in [0.15, 0.2) is 61.9 Å². The molecule has 0 unspecified atom stereocenters. The summed E-state index contributed by atoms with van der Waals surface area (Å²) in [5, 5.41) is 9.11. The van der Waals surface area contributed by atoms with Crippen LogP contribution in [0.25, 0.3) is 6.08 Å². The van der Waals surface area contributed by atoms with Gasteiger partial charge in [0.05, 0.1) is 30.8 Å². The van der Waals surface area contributed by atoms with Gasteiger partial charge in [0.15, 0.2) is 17.1 Å². The van der Waals surface area contributed by atoms with Gasteiger partial charge in [-0.25, -0.2) is 9.79 Å². The summed E-state index contributed by atoms with van der Waals surface area (Å²) >= 11 is 12.1. The van der Waals surface area contributed by atoms with E-state index in [-0.39, 0.29) is 28.1 Å². The SMILES string of the molecule is CCOC(=O)C1=C(C(F)(F)F)N=c2s/c(=C\c3cc(Br)c(OCC#N)c(I)c3)c(=O)n2[C@@H]1c1ccc(Cl)cc1. The third-order valence-electron chi connectivity index (χ3n) is 5.38. The molecule has 0 fully saturated rings. The van der Waals surface area contributed by atoms with Crippen molar-refractivity contribution >= 4 is 73.5 Å². The Morgan fingerprint density at radius 2 is 2.03 bits per heavy atom. The van der Waals surface area contributed by atoms with Gasteiger partial charge >= 0.3 is 12.1 Å². The summed E-state index contributed by atoms with van der Waals surface area (Å²) in [7, 11) is 0. The summed E-state index contributed by atoms with van der Waals surface area (Å²) in [6.45, 7) is 1.13. The molecule has 1 aliphatic rings. The number of aromatic nitrogens is 1. The molecule has 14 heteroatoms. The van der Waals surface area contributed by atoms with Crippen molar-refractivity contribution in [2.45, 2.75) is 19.1 Å². The molecule has 0 saturated carbocycles. The number of carbonyl (C=O) groups is 1. The Hall–Kier alpha value is -2.67. The first-order valence-electron chi connectivity index (χ1n) is 11.0. The highest BCUT2D eigenvalue weighted by atomic mass is 127. The summed E-state index contributed by atoms with van der Waals surface area (Å²) < 4.78 is 55.3. The van der Waals surface area contributed by atoms with E-state index >= 15 is 0 Å². The van der Waals surface area contributed by atoms with Gasteiger partial charge in [-0.2, -0.15) is 18.4 Å². The van der Waals surface area contributed by atoms with Crippen molar-refractivity contribution in [3.63, 3.8) is 0 Å². The molecule has 0 saturated heterocycles. The normalized spacial score (nSPS) is 15.4. The first kappa shape index (κ1) is 29.3. The first-order chi connectivity index (χ1) is 18.5. The van der Waals surface area contributed by atoms with E-state index in [1.165, 1.54) is 37.3 Å². The maximum atomic E-state index is 14.2. The zero-order valence-electron chi connectivity index (χ0n) is 19.7. The maximum Gasteiger partial charge on any atom is 0.434 e. The Bertz CT molecular complexity index is 1690. The lowest BCUT2D eigenvalue weighted by atomic mass is 9.95. The number of esters is 1. The number of halogens is 6. The van der Waals surface area contributed by atoms with E-state index in [1.807, 2.05) is 28.7 Å². The van der Waals surface area contributed by atoms with Gasteiger partial charge in [0, 0.05) is 5.02 Å². The van der Waals surface area contributed by atoms with E-state index < -0.39 is 35.0 Å². The highest BCUT2D eigenvalue weighted by molar-refractivity contribution is 14.1. The molecule has 0 amide bonds.